The quantitative estimate of drug-likeness (QED) is 0.848. The Labute approximate surface area is 119 Å². The number of rotatable bonds is 5. The summed E-state index contributed by atoms with van der Waals surface area (Å²) in [7, 11) is 2.06. The molecular formula is C15H17N3S. The first-order valence-corrected chi connectivity index (χ1v) is 6.57. The van der Waals surface area contributed by atoms with Crippen molar-refractivity contribution in [3.8, 4) is 0 Å². The Bertz CT molecular complexity index is 554. The zero-order valence-electron chi connectivity index (χ0n) is 10.9. The van der Waals surface area contributed by atoms with Crippen LogP contribution in [0.5, 0.6) is 0 Å². The second-order valence-corrected chi connectivity index (χ2v) is 4.89. The van der Waals surface area contributed by atoms with Gasteiger partial charge in [-0.15, -0.1) is 0 Å². The second kappa shape index (κ2) is 6.29. The van der Waals surface area contributed by atoms with E-state index >= 15 is 0 Å². The SMILES string of the molecule is CN(CCc1cccnc1)c1cccc(C(N)=S)c1. The standard InChI is InChI=1S/C15H17N3S/c1-18(9-7-12-4-3-8-17-11-12)14-6-2-5-13(10-14)15(16)19/h2-6,8,10-11H,7,9H2,1H3,(H2,16,19). The summed E-state index contributed by atoms with van der Waals surface area (Å²) >= 11 is 5.00. The van der Waals surface area contributed by atoms with Crippen LogP contribution in [0.4, 0.5) is 5.69 Å². The summed E-state index contributed by atoms with van der Waals surface area (Å²) in [4.78, 5) is 6.74. The van der Waals surface area contributed by atoms with Crippen molar-refractivity contribution in [1.82, 2.24) is 4.98 Å². The highest BCUT2D eigenvalue weighted by Crippen LogP contribution is 2.15. The molecule has 2 rings (SSSR count). The Morgan fingerprint density at radius 3 is 2.84 bits per heavy atom. The number of pyridine rings is 1. The van der Waals surface area contributed by atoms with Crippen LogP contribution in [0.15, 0.2) is 48.8 Å². The molecule has 0 aliphatic carbocycles. The minimum Gasteiger partial charge on any atom is -0.389 e. The van der Waals surface area contributed by atoms with E-state index in [4.69, 9.17) is 18.0 Å². The van der Waals surface area contributed by atoms with Gasteiger partial charge in [0.25, 0.3) is 0 Å². The Kier molecular flexibility index (Phi) is 4.47. The zero-order valence-corrected chi connectivity index (χ0v) is 11.7. The average Bonchev–Trinajstić information content (AvgIpc) is 2.46. The molecule has 0 radical (unpaired) electrons. The van der Waals surface area contributed by atoms with Crippen molar-refractivity contribution >= 4 is 22.9 Å². The summed E-state index contributed by atoms with van der Waals surface area (Å²) in [6, 6.07) is 12.0. The summed E-state index contributed by atoms with van der Waals surface area (Å²) < 4.78 is 0. The first-order chi connectivity index (χ1) is 9.16. The largest absolute Gasteiger partial charge is 0.389 e. The fourth-order valence-corrected chi connectivity index (χ4v) is 2.00. The van der Waals surface area contributed by atoms with Gasteiger partial charge in [0.05, 0.1) is 0 Å². The summed E-state index contributed by atoms with van der Waals surface area (Å²) in [5.41, 5.74) is 8.91. The van der Waals surface area contributed by atoms with Crippen molar-refractivity contribution in [1.29, 1.82) is 0 Å². The summed E-state index contributed by atoms with van der Waals surface area (Å²) in [5, 5.41) is 0. The van der Waals surface area contributed by atoms with Crippen molar-refractivity contribution in [3.63, 3.8) is 0 Å². The number of benzene rings is 1. The van der Waals surface area contributed by atoms with Gasteiger partial charge in [0.2, 0.25) is 0 Å². The van der Waals surface area contributed by atoms with Gasteiger partial charge in [-0.3, -0.25) is 4.98 Å². The molecule has 0 aliphatic heterocycles. The van der Waals surface area contributed by atoms with E-state index in [1.807, 2.05) is 30.5 Å². The molecule has 0 fully saturated rings. The molecule has 3 nitrogen and oxygen atoms in total. The van der Waals surface area contributed by atoms with Gasteiger partial charge in [-0.25, -0.2) is 0 Å². The van der Waals surface area contributed by atoms with E-state index in [1.165, 1.54) is 5.56 Å². The van der Waals surface area contributed by atoms with Gasteiger partial charge in [0.15, 0.2) is 0 Å². The molecule has 1 heterocycles. The Morgan fingerprint density at radius 1 is 1.32 bits per heavy atom. The minimum atomic E-state index is 0.433. The van der Waals surface area contributed by atoms with Crippen LogP contribution < -0.4 is 10.6 Å². The van der Waals surface area contributed by atoms with Gasteiger partial charge in [-0.1, -0.05) is 30.4 Å². The van der Waals surface area contributed by atoms with Crippen LogP contribution in [0.3, 0.4) is 0 Å². The highest BCUT2D eigenvalue weighted by molar-refractivity contribution is 7.80. The number of likely N-dealkylation sites (N-methyl/N-ethyl adjacent to an activating group) is 1. The third kappa shape index (κ3) is 3.76. The molecule has 0 spiro atoms. The molecule has 19 heavy (non-hydrogen) atoms. The number of thiocarbonyl (C=S) groups is 1. The Morgan fingerprint density at radius 2 is 2.16 bits per heavy atom. The first kappa shape index (κ1) is 13.5. The minimum absolute atomic E-state index is 0.433. The molecule has 0 atom stereocenters. The Hall–Kier alpha value is -1.94. The van der Waals surface area contributed by atoms with Crippen molar-refractivity contribution in [2.45, 2.75) is 6.42 Å². The van der Waals surface area contributed by atoms with E-state index in [0.29, 0.717) is 4.99 Å². The maximum absolute atomic E-state index is 5.65. The molecule has 1 aromatic carbocycles. The normalized spacial score (nSPS) is 10.2. The lowest BCUT2D eigenvalue weighted by Gasteiger charge is -2.19. The molecule has 4 heteroatoms. The molecule has 0 bridgehead atoms. The lowest BCUT2D eigenvalue weighted by Crippen LogP contribution is -2.21. The van der Waals surface area contributed by atoms with Gasteiger partial charge in [-0.05, 0) is 30.2 Å². The van der Waals surface area contributed by atoms with Crippen molar-refractivity contribution in [2.75, 3.05) is 18.5 Å². The smallest absolute Gasteiger partial charge is 0.104 e. The lowest BCUT2D eigenvalue weighted by molar-refractivity contribution is 0.872. The highest BCUT2D eigenvalue weighted by Gasteiger charge is 2.03. The van der Waals surface area contributed by atoms with Crippen LogP contribution in [0.1, 0.15) is 11.1 Å². The number of anilines is 1. The van der Waals surface area contributed by atoms with Gasteiger partial charge >= 0.3 is 0 Å². The van der Waals surface area contributed by atoms with E-state index in [0.717, 1.165) is 24.2 Å². The highest BCUT2D eigenvalue weighted by atomic mass is 32.1. The molecule has 0 amide bonds. The number of hydrogen-bond acceptors (Lipinski definition) is 3. The van der Waals surface area contributed by atoms with Crippen molar-refractivity contribution < 1.29 is 0 Å². The van der Waals surface area contributed by atoms with E-state index in [-0.39, 0.29) is 0 Å². The van der Waals surface area contributed by atoms with Gasteiger partial charge in [0.1, 0.15) is 4.99 Å². The number of aromatic nitrogens is 1. The van der Waals surface area contributed by atoms with E-state index in [1.54, 1.807) is 6.20 Å². The monoisotopic (exact) mass is 271 g/mol. The van der Waals surface area contributed by atoms with Crippen molar-refractivity contribution in [3.05, 3.63) is 59.9 Å². The van der Waals surface area contributed by atoms with Crippen LogP contribution in [0.25, 0.3) is 0 Å². The molecule has 0 unspecified atom stereocenters. The molecule has 2 N–H and O–H groups in total. The van der Waals surface area contributed by atoms with E-state index < -0.39 is 0 Å². The fourth-order valence-electron chi connectivity index (χ4n) is 1.87. The molecule has 0 aliphatic rings. The predicted molar refractivity (Wildman–Crippen MR) is 83.5 cm³/mol. The molecular weight excluding hydrogens is 254 g/mol. The Balaban J connectivity index is 2.02. The third-order valence-corrected chi connectivity index (χ3v) is 3.27. The van der Waals surface area contributed by atoms with Crippen LogP contribution >= 0.6 is 12.2 Å². The predicted octanol–water partition coefficient (Wildman–Crippen LogP) is 2.39. The number of hydrogen-bond donors (Lipinski definition) is 1. The zero-order chi connectivity index (χ0) is 13.7. The molecule has 2 aromatic rings. The van der Waals surface area contributed by atoms with Gasteiger partial charge in [0, 0.05) is 37.2 Å². The maximum Gasteiger partial charge on any atom is 0.104 e. The first-order valence-electron chi connectivity index (χ1n) is 6.17. The number of nitrogens with zero attached hydrogens (tertiary/aromatic N) is 2. The van der Waals surface area contributed by atoms with Gasteiger partial charge < -0.3 is 10.6 Å². The lowest BCUT2D eigenvalue weighted by atomic mass is 10.1. The van der Waals surface area contributed by atoms with Crippen LogP contribution in [-0.2, 0) is 6.42 Å². The second-order valence-electron chi connectivity index (χ2n) is 4.45. The van der Waals surface area contributed by atoms with E-state index in [9.17, 15) is 0 Å². The third-order valence-electron chi connectivity index (χ3n) is 3.03. The van der Waals surface area contributed by atoms with E-state index in [2.05, 4.69) is 29.1 Å². The average molecular weight is 271 g/mol. The summed E-state index contributed by atoms with van der Waals surface area (Å²) in [6.07, 6.45) is 4.65. The molecule has 0 saturated carbocycles. The van der Waals surface area contributed by atoms with Crippen LogP contribution in [-0.4, -0.2) is 23.6 Å². The van der Waals surface area contributed by atoms with Crippen molar-refractivity contribution in [2.24, 2.45) is 5.73 Å². The molecule has 98 valence electrons. The summed E-state index contributed by atoms with van der Waals surface area (Å²) in [5.74, 6) is 0. The topological polar surface area (TPSA) is 42.2 Å². The number of nitrogens with two attached hydrogens (primary N) is 1. The summed E-state index contributed by atoms with van der Waals surface area (Å²) in [6.45, 7) is 0.923. The fraction of sp³-hybridized carbons (Fsp3) is 0.200. The molecule has 0 saturated heterocycles. The molecule has 1 aromatic heterocycles. The maximum atomic E-state index is 5.65. The van der Waals surface area contributed by atoms with Crippen LogP contribution in [0.2, 0.25) is 0 Å². The van der Waals surface area contributed by atoms with Crippen LogP contribution in [0, 0.1) is 0 Å². The van der Waals surface area contributed by atoms with Gasteiger partial charge in [-0.2, -0.15) is 0 Å².